The molecule has 2 amide bonds. The first kappa shape index (κ1) is 22.9. The molecule has 10 nitrogen and oxygen atoms in total. The Morgan fingerprint density at radius 3 is 2.33 bits per heavy atom. The van der Waals surface area contributed by atoms with Crippen LogP contribution in [0.5, 0.6) is 0 Å². The smallest absolute Gasteiger partial charge is 0.326 e. The Balaban J connectivity index is 2.26. The third-order valence-electron chi connectivity index (χ3n) is 4.69. The number of carboxylic acid groups (broad SMARTS) is 2. The van der Waals surface area contributed by atoms with Gasteiger partial charge >= 0.3 is 11.9 Å². The van der Waals surface area contributed by atoms with E-state index in [-0.39, 0.29) is 12.3 Å². The molecule has 0 aliphatic heterocycles. The van der Waals surface area contributed by atoms with E-state index in [9.17, 15) is 24.3 Å². The maximum atomic E-state index is 12.8. The number of nitrogens with two attached hydrogens (primary N) is 1. The Kier molecular flexibility index (Phi) is 7.54. The Morgan fingerprint density at radius 2 is 1.73 bits per heavy atom. The number of hydrogen-bond acceptors (Lipinski definition) is 5. The van der Waals surface area contributed by atoms with Crippen LogP contribution in [0, 0.1) is 5.92 Å². The van der Waals surface area contributed by atoms with Crippen molar-refractivity contribution >= 4 is 34.7 Å². The van der Waals surface area contributed by atoms with E-state index in [1.54, 1.807) is 20.0 Å². The lowest BCUT2D eigenvalue weighted by Gasteiger charge is -2.24. The Labute approximate surface area is 172 Å². The molecule has 7 N–H and O–H groups in total. The maximum Gasteiger partial charge on any atom is 0.326 e. The average Bonchev–Trinajstić information content (AvgIpc) is 3.07. The zero-order valence-corrected chi connectivity index (χ0v) is 16.7. The lowest BCUT2D eigenvalue weighted by Crippen LogP contribution is -2.56. The van der Waals surface area contributed by atoms with E-state index < -0.39 is 48.3 Å². The number of amides is 2. The molecule has 0 spiro atoms. The number of aromatic amines is 1. The molecule has 0 saturated carbocycles. The first-order valence-corrected chi connectivity index (χ1v) is 9.46. The second kappa shape index (κ2) is 9.88. The topological polar surface area (TPSA) is 175 Å². The predicted molar refractivity (Wildman–Crippen MR) is 109 cm³/mol. The minimum absolute atomic E-state index is 0.0613. The van der Waals surface area contributed by atoms with E-state index in [4.69, 9.17) is 10.8 Å². The third-order valence-corrected chi connectivity index (χ3v) is 4.69. The molecule has 162 valence electrons. The number of carbonyl (C=O) groups excluding carboxylic acids is 2. The van der Waals surface area contributed by atoms with Crippen LogP contribution in [-0.2, 0) is 25.6 Å². The van der Waals surface area contributed by atoms with Gasteiger partial charge in [-0.3, -0.25) is 14.4 Å². The molecule has 30 heavy (non-hydrogen) atoms. The highest BCUT2D eigenvalue weighted by atomic mass is 16.4. The van der Waals surface area contributed by atoms with E-state index in [1.165, 1.54) is 0 Å². The molecular weight excluding hydrogens is 392 g/mol. The molecule has 0 fully saturated rings. The second-order valence-corrected chi connectivity index (χ2v) is 7.40. The summed E-state index contributed by atoms with van der Waals surface area (Å²) in [6, 6.07) is 3.75. The van der Waals surface area contributed by atoms with Gasteiger partial charge in [0.2, 0.25) is 11.8 Å². The first-order valence-electron chi connectivity index (χ1n) is 9.46. The molecule has 1 aromatic carbocycles. The van der Waals surface area contributed by atoms with Crippen molar-refractivity contribution in [1.82, 2.24) is 15.6 Å². The molecule has 0 unspecified atom stereocenters. The molecule has 10 heteroatoms. The highest BCUT2D eigenvalue weighted by Gasteiger charge is 2.30. The summed E-state index contributed by atoms with van der Waals surface area (Å²) in [6.07, 6.45) is 1.16. The Hall–Kier alpha value is -3.40. The van der Waals surface area contributed by atoms with Crippen LogP contribution >= 0.6 is 0 Å². The number of aliphatic carboxylic acids is 2. The Bertz CT molecular complexity index is 938. The van der Waals surface area contributed by atoms with Gasteiger partial charge in [-0.05, 0) is 17.5 Å². The zero-order chi connectivity index (χ0) is 22.4. The van der Waals surface area contributed by atoms with Crippen LogP contribution < -0.4 is 16.4 Å². The van der Waals surface area contributed by atoms with Crippen molar-refractivity contribution in [2.75, 3.05) is 0 Å². The van der Waals surface area contributed by atoms with Gasteiger partial charge in [0.15, 0.2) is 0 Å². The van der Waals surface area contributed by atoms with Crippen molar-refractivity contribution in [3.8, 4) is 0 Å². The van der Waals surface area contributed by atoms with Gasteiger partial charge in [-0.1, -0.05) is 32.0 Å². The van der Waals surface area contributed by atoms with E-state index in [0.29, 0.717) is 0 Å². The highest BCUT2D eigenvalue weighted by molar-refractivity contribution is 5.94. The number of benzene rings is 1. The summed E-state index contributed by atoms with van der Waals surface area (Å²) in [7, 11) is 0. The SMILES string of the molecule is CC(C)[C@H](NC(=O)[C@H](Cc1c[nH]c2ccccc12)NC(=O)[C@@H](N)CC(=O)O)C(=O)O. The zero-order valence-electron chi connectivity index (χ0n) is 16.7. The number of rotatable bonds is 10. The molecule has 0 bridgehead atoms. The van der Waals surface area contributed by atoms with Gasteiger partial charge in [-0.25, -0.2) is 4.79 Å². The van der Waals surface area contributed by atoms with Crippen LogP contribution in [0.1, 0.15) is 25.8 Å². The molecule has 0 radical (unpaired) electrons. The molecular formula is C20H26N4O6. The summed E-state index contributed by atoms with van der Waals surface area (Å²) in [4.78, 5) is 50.5. The molecule has 2 aromatic rings. The fraction of sp³-hybridized carbons (Fsp3) is 0.400. The number of H-pyrrole nitrogens is 1. The molecule has 2 rings (SSSR count). The van der Waals surface area contributed by atoms with Crippen molar-refractivity contribution in [2.24, 2.45) is 11.7 Å². The van der Waals surface area contributed by atoms with Gasteiger partial charge in [-0.15, -0.1) is 0 Å². The van der Waals surface area contributed by atoms with Crippen LogP contribution in [0.3, 0.4) is 0 Å². The number of carbonyl (C=O) groups is 4. The quantitative estimate of drug-likeness (QED) is 0.320. The fourth-order valence-corrected chi connectivity index (χ4v) is 3.06. The van der Waals surface area contributed by atoms with E-state index in [2.05, 4.69) is 15.6 Å². The van der Waals surface area contributed by atoms with Gasteiger partial charge in [0.25, 0.3) is 0 Å². The number of carboxylic acids is 2. The monoisotopic (exact) mass is 418 g/mol. The summed E-state index contributed by atoms with van der Waals surface area (Å²) < 4.78 is 0. The molecule has 1 heterocycles. The van der Waals surface area contributed by atoms with Gasteiger partial charge < -0.3 is 31.6 Å². The van der Waals surface area contributed by atoms with Gasteiger partial charge in [0.05, 0.1) is 12.5 Å². The Morgan fingerprint density at radius 1 is 1.07 bits per heavy atom. The van der Waals surface area contributed by atoms with Crippen LogP contribution in [0.25, 0.3) is 10.9 Å². The van der Waals surface area contributed by atoms with Crippen molar-refractivity contribution in [3.63, 3.8) is 0 Å². The molecule has 0 aliphatic rings. The van der Waals surface area contributed by atoms with Crippen LogP contribution in [0.2, 0.25) is 0 Å². The van der Waals surface area contributed by atoms with E-state index >= 15 is 0 Å². The first-order chi connectivity index (χ1) is 14.1. The lowest BCUT2D eigenvalue weighted by atomic mass is 10.0. The number of fused-ring (bicyclic) bond motifs is 1. The highest BCUT2D eigenvalue weighted by Crippen LogP contribution is 2.19. The van der Waals surface area contributed by atoms with Crippen molar-refractivity contribution < 1.29 is 29.4 Å². The lowest BCUT2D eigenvalue weighted by molar-refractivity contribution is -0.143. The van der Waals surface area contributed by atoms with Crippen LogP contribution in [0.15, 0.2) is 30.5 Å². The summed E-state index contributed by atoms with van der Waals surface area (Å²) in [5.41, 5.74) is 7.17. The molecule has 0 aliphatic carbocycles. The van der Waals surface area contributed by atoms with Crippen LogP contribution in [0.4, 0.5) is 0 Å². The predicted octanol–water partition coefficient (Wildman–Crippen LogP) is 0.223. The van der Waals surface area contributed by atoms with Crippen LogP contribution in [-0.4, -0.2) is 57.1 Å². The van der Waals surface area contributed by atoms with Gasteiger partial charge in [0, 0.05) is 23.5 Å². The number of aromatic nitrogens is 1. The standard InChI is InChI=1S/C20H26N4O6/c1-10(2)17(20(29)30)24-19(28)15(23-18(27)13(21)8-16(25)26)7-11-9-22-14-6-4-3-5-12(11)14/h3-6,9-10,13,15,17,22H,7-8,21H2,1-2H3,(H,23,27)(H,24,28)(H,25,26)(H,29,30)/t13-,15-,17-/m0/s1. The normalized spacial score (nSPS) is 14.1. The maximum absolute atomic E-state index is 12.8. The number of para-hydroxylation sites is 1. The van der Waals surface area contributed by atoms with Gasteiger partial charge in [0.1, 0.15) is 12.1 Å². The minimum atomic E-state index is -1.35. The summed E-state index contributed by atoms with van der Waals surface area (Å²) in [5.74, 6) is -4.34. The summed E-state index contributed by atoms with van der Waals surface area (Å²) in [5, 5.41) is 23.9. The van der Waals surface area contributed by atoms with E-state index in [1.807, 2.05) is 24.3 Å². The van der Waals surface area contributed by atoms with E-state index in [0.717, 1.165) is 16.5 Å². The average molecular weight is 418 g/mol. The van der Waals surface area contributed by atoms with Crippen molar-refractivity contribution in [2.45, 2.75) is 44.8 Å². The number of nitrogens with one attached hydrogen (secondary N) is 3. The molecule has 0 saturated heterocycles. The minimum Gasteiger partial charge on any atom is -0.481 e. The summed E-state index contributed by atoms with van der Waals surface area (Å²) in [6.45, 7) is 3.30. The third kappa shape index (κ3) is 5.80. The number of hydrogen-bond donors (Lipinski definition) is 6. The largest absolute Gasteiger partial charge is 0.481 e. The molecule has 1 aromatic heterocycles. The fourth-order valence-electron chi connectivity index (χ4n) is 3.06. The molecule has 3 atom stereocenters. The van der Waals surface area contributed by atoms with Crippen molar-refractivity contribution in [1.29, 1.82) is 0 Å². The second-order valence-electron chi connectivity index (χ2n) is 7.40. The van der Waals surface area contributed by atoms with Crippen molar-refractivity contribution in [3.05, 3.63) is 36.0 Å². The summed E-state index contributed by atoms with van der Waals surface area (Å²) >= 11 is 0. The van der Waals surface area contributed by atoms with Gasteiger partial charge in [-0.2, -0.15) is 0 Å².